The van der Waals surface area contributed by atoms with Crippen molar-refractivity contribution in [2.45, 2.75) is 69.9 Å². The number of aryl methyl sites for hydroxylation is 1. The SMILES string of the molecule is O=C1CCc2ccc(OCCCC(=O)N(CC(O)CO)C3CCCCC3)cc2N1. The van der Waals surface area contributed by atoms with Gasteiger partial charge in [-0.2, -0.15) is 0 Å². The number of carbonyl (C=O) groups excluding carboxylic acids is 2. The molecule has 1 aliphatic carbocycles. The van der Waals surface area contributed by atoms with Gasteiger partial charge in [0, 0.05) is 37.2 Å². The number of carbonyl (C=O) groups is 2. The number of fused-ring (bicyclic) bond motifs is 1. The van der Waals surface area contributed by atoms with E-state index < -0.39 is 6.10 Å². The summed E-state index contributed by atoms with van der Waals surface area (Å²) in [6.45, 7) is 0.249. The number of benzene rings is 1. The number of amides is 2. The fourth-order valence-electron chi connectivity index (χ4n) is 4.13. The minimum atomic E-state index is -0.900. The van der Waals surface area contributed by atoms with Gasteiger partial charge in [-0.15, -0.1) is 0 Å². The van der Waals surface area contributed by atoms with Crippen LogP contribution in [0.2, 0.25) is 0 Å². The van der Waals surface area contributed by atoms with Crippen LogP contribution in [0.1, 0.15) is 56.9 Å². The third kappa shape index (κ3) is 6.18. The van der Waals surface area contributed by atoms with Gasteiger partial charge in [-0.05, 0) is 37.3 Å². The number of aliphatic hydroxyl groups is 2. The molecule has 0 radical (unpaired) electrons. The lowest BCUT2D eigenvalue weighted by atomic mass is 9.93. The molecule has 0 spiro atoms. The van der Waals surface area contributed by atoms with Gasteiger partial charge in [0.2, 0.25) is 11.8 Å². The molecular formula is C22H32N2O5. The monoisotopic (exact) mass is 404 g/mol. The summed E-state index contributed by atoms with van der Waals surface area (Å²) < 4.78 is 5.77. The maximum absolute atomic E-state index is 12.8. The molecule has 2 amide bonds. The van der Waals surface area contributed by atoms with Gasteiger partial charge in [0.05, 0.1) is 19.3 Å². The highest BCUT2D eigenvalue weighted by Gasteiger charge is 2.26. The summed E-state index contributed by atoms with van der Waals surface area (Å²) in [4.78, 5) is 26.1. The Balaban J connectivity index is 1.48. The Morgan fingerprint density at radius 2 is 2.03 bits per heavy atom. The van der Waals surface area contributed by atoms with Crippen LogP contribution in [-0.4, -0.2) is 58.8 Å². The lowest BCUT2D eigenvalue weighted by Gasteiger charge is -2.35. The zero-order valence-corrected chi connectivity index (χ0v) is 16.9. The van der Waals surface area contributed by atoms with Crippen molar-refractivity contribution in [3.8, 4) is 5.75 Å². The molecule has 29 heavy (non-hydrogen) atoms. The average molecular weight is 405 g/mol. The van der Waals surface area contributed by atoms with Crippen LogP contribution in [0.3, 0.4) is 0 Å². The van der Waals surface area contributed by atoms with Crippen LogP contribution in [-0.2, 0) is 16.0 Å². The van der Waals surface area contributed by atoms with Crippen LogP contribution in [0.15, 0.2) is 18.2 Å². The Bertz CT molecular complexity index is 702. The predicted molar refractivity (Wildman–Crippen MR) is 110 cm³/mol. The number of hydrogen-bond acceptors (Lipinski definition) is 5. The van der Waals surface area contributed by atoms with E-state index in [2.05, 4.69) is 5.32 Å². The molecule has 160 valence electrons. The summed E-state index contributed by atoms with van der Waals surface area (Å²) in [5, 5.41) is 21.9. The van der Waals surface area contributed by atoms with Crippen molar-refractivity contribution in [3.05, 3.63) is 23.8 Å². The normalized spacial score (nSPS) is 17.9. The van der Waals surface area contributed by atoms with Gasteiger partial charge >= 0.3 is 0 Å². The summed E-state index contributed by atoms with van der Waals surface area (Å²) in [5.41, 5.74) is 1.91. The Labute approximate surface area is 172 Å². The lowest BCUT2D eigenvalue weighted by molar-refractivity contribution is -0.136. The second kappa shape index (κ2) is 10.6. The Morgan fingerprint density at radius 3 is 2.79 bits per heavy atom. The maximum Gasteiger partial charge on any atom is 0.224 e. The number of aliphatic hydroxyl groups excluding tert-OH is 2. The van der Waals surface area contributed by atoms with Crippen molar-refractivity contribution in [2.24, 2.45) is 0 Å². The largest absolute Gasteiger partial charge is 0.494 e. The topological polar surface area (TPSA) is 99.1 Å². The van der Waals surface area contributed by atoms with Crippen LogP contribution in [0.4, 0.5) is 5.69 Å². The molecule has 1 fully saturated rings. The summed E-state index contributed by atoms with van der Waals surface area (Å²) in [6, 6.07) is 5.85. The first-order valence-electron chi connectivity index (χ1n) is 10.7. The van der Waals surface area contributed by atoms with E-state index in [0.29, 0.717) is 31.6 Å². The lowest BCUT2D eigenvalue weighted by Crippen LogP contribution is -2.46. The van der Waals surface area contributed by atoms with Crippen molar-refractivity contribution in [2.75, 3.05) is 25.1 Å². The molecule has 1 aliphatic heterocycles. The van der Waals surface area contributed by atoms with Crippen molar-refractivity contribution in [1.29, 1.82) is 0 Å². The predicted octanol–water partition coefficient (Wildman–Crippen LogP) is 2.24. The van der Waals surface area contributed by atoms with Crippen molar-refractivity contribution < 1.29 is 24.5 Å². The molecule has 2 aliphatic rings. The van der Waals surface area contributed by atoms with E-state index in [9.17, 15) is 19.8 Å². The highest BCUT2D eigenvalue weighted by Crippen LogP contribution is 2.27. The number of hydrogen-bond donors (Lipinski definition) is 3. The van der Waals surface area contributed by atoms with Gasteiger partial charge < -0.3 is 25.2 Å². The second-order valence-electron chi connectivity index (χ2n) is 7.99. The number of anilines is 1. The van der Waals surface area contributed by atoms with E-state index in [-0.39, 0.29) is 31.0 Å². The molecule has 1 atom stereocenters. The molecule has 3 N–H and O–H groups in total. The molecule has 1 unspecified atom stereocenters. The molecule has 1 aromatic carbocycles. The van der Waals surface area contributed by atoms with E-state index in [4.69, 9.17) is 4.74 Å². The van der Waals surface area contributed by atoms with Gasteiger partial charge in [-0.3, -0.25) is 9.59 Å². The molecule has 0 bridgehead atoms. The third-order valence-electron chi connectivity index (χ3n) is 5.73. The van der Waals surface area contributed by atoms with Crippen LogP contribution < -0.4 is 10.1 Å². The molecule has 1 aromatic rings. The van der Waals surface area contributed by atoms with Crippen LogP contribution in [0, 0.1) is 0 Å². The number of ether oxygens (including phenoxy) is 1. The molecular weight excluding hydrogens is 372 g/mol. The zero-order valence-electron chi connectivity index (χ0n) is 16.9. The van der Waals surface area contributed by atoms with Crippen LogP contribution in [0.25, 0.3) is 0 Å². The van der Waals surface area contributed by atoms with Gasteiger partial charge in [0.25, 0.3) is 0 Å². The van der Waals surface area contributed by atoms with Gasteiger partial charge in [-0.25, -0.2) is 0 Å². The standard InChI is InChI=1S/C22H32N2O5/c25-15-18(26)14-24(17-5-2-1-3-6-17)22(28)7-4-12-29-19-10-8-16-9-11-21(27)23-20(16)13-19/h8,10,13,17-18,25-26H,1-7,9,11-12,14-15H2,(H,23,27). The molecule has 7 nitrogen and oxygen atoms in total. The molecule has 0 saturated heterocycles. The second-order valence-corrected chi connectivity index (χ2v) is 7.99. The minimum Gasteiger partial charge on any atom is -0.494 e. The smallest absolute Gasteiger partial charge is 0.224 e. The van der Waals surface area contributed by atoms with Crippen LogP contribution in [0.5, 0.6) is 5.75 Å². The fraction of sp³-hybridized carbons (Fsp3) is 0.636. The third-order valence-corrected chi connectivity index (χ3v) is 5.73. The Kier molecular flexibility index (Phi) is 7.89. The van der Waals surface area contributed by atoms with E-state index in [1.54, 1.807) is 4.90 Å². The molecule has 1 saturated carbocycles. The highest BCUT2D eigenvalue weighted by molar-refractivity contribution is 5.94. The van der Waals surface area contributed by atoms with Crippen molar-refractivity contribution in [3.63, 3.8) is 0 Å². The van der Waals surface area contributed by atoms with Gasteiger partial charge in [0.1, 0.15) is 5.75 Å². The first kappa shape index (κ1) is 21.6. The van der Waals surface area contributed by atoms with Crippen molar-refractivity contribution in [1.82, 2.24) is 4.90 Å². The summed E-state index contributed by atoms with van der Waals surface area (Å²) in [6.07, 6.45) is 6.58. The quantitative estimate of drug-likeness (QED) is 0.548. The van der Waals surface area contributed by atoms with E-state index in [1.165, 1.54) is 6.42 Å². The van der Waals surface area contributed by atoms with E-state index >= 15 is 0 Å². The minimum absolute atomic E-state index is 0.00528. The summed E-state index contributed by atoms with van der Waals surface area (Å²) >= 11 is 0. The number of nitrogens with zero attached hydrogens (tertiary/aromatic N) is 1. The average Bonchev–Trinajstić information content (AvgIpc) is 2.75. The van der Waals surface area contributed by atoms with Gasteiger partial charge in [-0.1, -0.05) is 25.3 Å². The number of nitrogens with one attached hydrogen (secondary N) is 1. The Hall–Kier alpha value is -2.12. The zero-order chi connectivity index (χ0) is 20.6. The molecule has 7 heteroatoms. The van der Waals surface area contributed by atoms with Crippen LogP contribution >= 0.6 is 0 Å². The van der Waals surface area contributed by atoms with E-state index in [0.717, 1.165) is 43.4 Å². The van der Waals surface area contributed by atoms with Crippen molar-refractivity contribution >= 4 is 17.5 Å². The number of rotatable bonds is 9. The Morgan fingerprint density at radius 1 is 1.24 bits per heavy atom. The summed E-state index contributed by atoms with van der Waals surface area (Å²) in [5.74, 6) is 0.706. The molecule has 0 aromatic heterocycles. The maximum atomic E-state index is 12.8. The first-order chi connectivity index (χ1) is 14.1. The highest BCUT2D eigenvalue weighted by atomic mass is 16.5. The molecule has 1 heterocycles. The summed E-state index contributed by atoms with van der Waals surface area (Å²) in [7, 11) is 0. The van der Waals surface area contributed by atoms with Gasteiger partial charge in [0.15, 0.2) is 0 Å². The van der Waals surface area contributed by atoms with E-state index in [1.807, 2.05) is 18.2 Å². The fourth-order valence-corrected chi connectivity index (χ4v) is 4.13. The molecule has 3 rings (SSSR count). The first-order valence-corrected chi connectivity index (χ1v) is 10.7.